The molecule has 0 amide bonds. The maximum atomic E-state index is 10.5. The van der Waals surface area contributed by atoms with Gasteiger partial charge in [0.1, 0.15) is 0 Å². The second kappa shape index (κ2) is 17.3. The summed E-state index contributed by atoms with van der Waals surface area (Å²) in [5.41, 5.74) is 0. The first-order valence-corrected chi connectivity index (χ1v) is 12.1. The van der Waals surface area contributed by atoms with Gasteiger partial charge in [-0.2, -0.15) is 11.8 Å². The van der Waals surface area contributed by atoms with Crippen LogP contribution in [0, 0.1) is 0 Å². The molecule has 0 aromatic carbocycles. The van der Waals surface area contributed by atoms with Gasteiger partial charge in [0.05, 0.1) is 6.61 Å². The van der Waals surface area contributed by atoms with E-state index >= 15 is 0 Å². The second-order valence-electron chi connectivity index (χ2n) is 6.32. The second-order valence-corrected chi connectivity index (χ2v) is 8.79. The van der Waals surface area contributed by atoms with Gasteiger partial charge >= 0.3 is 13.8 Å². The third kappa shape index (κ3) is 23.9. The summed E-state index contributed by atoms with van der Waals surface area (Å²) in [7, 11) is -4.29. The highest BCUT2D eigenvalue weighted by atomic mass is 32.2. The van der Waals surface area contributed by atoms with Crippen LogP contribution in [0.2, 0.25) is 0 Å². The van der Waals surface area contributed by atoms with E-state index in [0.717, 1.165) is 37.9 Å². The molecule has 8 heteroatoms. The normalized spacial score (nSPS) is 11.8. The van der Waals surface area contributed by atoms with Gasteiger partial charge in [0, 0.05) is 6.42 Å². The molecule has 0 aromatic heterocycles. The number of unbranched alkanes of at least 4 members (excludes halogenated alkanes) is 10. The third-order valence-electron chi connectivity index (χ3n) is 3.87. The summed E-state index contributed by atoms with van der Waals surface area (Å²) in [5, 5.41) is 8.53. The van der Waals surface area contributed by atoms with E-state index in [9.17, 15) is 9.36 Å². The number of phosphoric ester groups is 1. The highest BCUT2D eigenvalue weighted by molar-refractivity contribution is 7.99. The van der Waals surface area contributed by atoms with Crippen LogP contribution in [0.15, 0.2) is 0 Å². The van der Waals surface area contributed by atoms with Gasteiger partial charge in [0.15, 0.2) is 0 Å². The number of rotatable bonds is 19. The van der Waals surface area contributed by atoms with Crippen molar-refractivity contribution in [2.75, 3.05) is 18.1 Å². The van der Waals surface area contributed by atoms with Gasteiger partial charge in [-0.15, -0.1) is 0 Å². The lowest BCUT2D eigenvalue weighted by molar-refractivity contribution is -0.137. The quantitative estimate of drug-likeness (QED) is 0.208. The van der Waals surface area contributed by atoms with E-state index in [1.54, 1.807) is 0 Å². The van der Waals surface area contributed by atoms with Crippen LogP contribution in [0.25, 0.3) is 0 Å². The van der Waals surface area contributed by atoms with Crippen molar-refractivity contribution in [3.8, 4) is 0 Å². The Bertz CT molecular complexity index is 361. The van der Waals surface area contributed by atoms with Crippen molar-refractivity contribution >= 4 is 25.6 Å². The van der Waals surface area contributed by atoms with Crippen molar-refractivity contribution in [1.29, 1.82) is 0 Å². The predicted octanol–water partition coefficient (Wildman–Crippen LogP) is 4.98. The molecule has 0 aliphatic carbocycles. The lowest BCUT2D eigenvalue weighted by Crippen LogP contribution is -1.93. The number of hydrogen-bond acceptors (Lipinski definition) is 4. The van der Waals surface area contributed by atoms with Gasteiger partial charge in [-0.3, -0.25) is 9.32 Å². The first-order chi connectivity index (χ1) is 11.9. The minimum atomic E-state index is -4.29. The van der Waals surface area contributed by atoms with E-state index in [4.69, 9.17) is 14.9 Å². The lowest BCUT2D eigenvalue weighted by Gasteiger charge is -2.05. The molecule has 3 N–H and O–H groups in total. The maximum absolute atomic E-state index is 10.5. The minimum absolute atomic E-state index is 0.133. The number of phosphoric acid groups is 1. The molecule has 150 valence electrons. The summed E-state index contributed by atoms with van der Waals surface area (Å²) in [5.74, 6) is 1.60. The zero-order chi connectivity index (χ0) is 18.8. The molecule has 0 bridgehead atoms. The van der Waals surface area contributed by atoms with E-state index in [-0.39, 0.29) is 6.61 Å². The maximum Gasteiger partial charge on any atom is 0.469 e. The molecule has 0 rings (SSSR count). The van der Waals surface area contributed by atoms with Gasteiger partial charge in [-0.25, -0.2) is 4.57 Å². The van der Waals surface area contributed by atoms with Crippen LogP contribution in [0.5, 0.6) is 0 Å². The highest BCUT2D eigenvalue weighted by Gasteiger charge is 2.12. The highest BCUT2D eigenvalue weighted by Crippen LogP contribution is 2.35. The molecule has 0 heterocycles. The molecule has 6 nitrogen and oxygen atoms in total. The van der Waals surface area contributed by atoms with Crippen molar-refractivity contribution in [3.63, 3.8) is 0 Å². The number of hydrogen-bond donors (Lipinski definition) is 3. The Balaban J connectivity index is 3.05. The number of carboxylic acid groups (broad SMARTS) is 1. The summed E-state index contributed by atoms with van der Waals surface area (Å²) in [4.78, 5) is 27.4. The van der Waals surface area contributed by atoms with Crippen LogP contribution in [0.3, 0.4) is 0 Å². The number of carbonyl (C=O) groups is 1. The monoisotopic (exact) mass is 398 g/mol. The largest absolute Gasteiger partial charge is 0.481 e. The molecule has 0 radical (unpaired) electrons. The van der Waals surface area contributed by atoms with Crippen LogP contribution in [-0.2, 0) is 13.9 Å². The smallest absolute Gasteiger partial charge is 0.469 e. The average Bonchev–Trinajstić information content (AvgIpc) is 2.52. The fourth-order valence-electron chi connectivity index (χ4n) is 2.49. The van der Waals surface area contributed by atoms with E-state index in [1.807, 2.05) is 11.8 Å². The zero-order valence-corrected chi connectivity index (χ0v) is 16.9. The number of aliphatic carboxylic acids is 1. The summed E-state index contributed by atoms with van der Waals surface area (Å²) in [6, 6.07) is 0. The van der Waals surface area contributed by atoms with Gasteiger partial charge < -0.3 is 14.9 Å². The standard InChI is InChI=1S/C17H35O6PS/c18-17(19)13-9-6-4-2-1-3-5-7-11-15-25-16-12-8-10-14-23-24(20,21)22/h1-16H2,(H,18,19)(H2,20,21,22). The van der Waals surface area contributed by atoms with Crippen molar-refractivity contribution in [2.24, 2.45) is 0 Å². The first-order valence-electron chi connectivity index (χ1n) is 9.41. The van der Waals surface area contributed by atoms with Crippen molar-refractivity contribution in [1.82, 2.24) is 0 Å². The van der Waals surface area contributed by atoms with Gasteiger partial charge in [-0.1, -0.05) is 51.4 Å². The number of thioether (sulfide) groups is 1. The van der Waals surface area contributed by atoms with E-state index in [1.165, 1.54) is 44.3 Å². The Kier molecular flexibility index (Phi) is 17.3. The van der Waals surface area contributed by atoms with Crippen LogP contribution < -0.4 is 0 Å². The summed E-state index contributed by atoms with van der Waals surface area (Å²) in [6.07, 6.45) is 13.6. The molecular formula is C17H35O6PS. The molecule has 0 saturated carbocycles. The van der Waals surface area contributed by atoms with E-state index in [2.05, 4.69) is 4.52 Å². The van der Waals surface area contributed by atoms with Gasteiger partial charge in [-0.05, 0) is 37.2 Å². The zero-order valence-electron chi connectivity index (χ0n) is 15.2. The lowest BCUT2D eigenvalue weighted by atomic mass is 10.1. The fraction of sp³-hybridized carbons (Fsp3) is 0.941. The molecule has 0 spiro atoms. The first kappa shape index (κ1) is 24.9. The molecule has 25 heavy (non-hydrogen) atoms. The fourth-order valence-corrected chi connectivity index (χ4v) is 3.87. The number of carboxylic acids is 1. The Hall–Kier alpha value is -0.0700. The average molecular weight is 399 g/mol. The topological polar surface area (TPSA) is 104 Å². The van der Waals surface area contributed by atoms with E-state index < -0.39 is 13.8 Å². The van der Waals surface area contributed by atoms with Crippen LogP contribution >= 0.6 is 19.6 Å². The Morgan fingerprint density at radius 3 is 1.68 bits per heavy atom. The van der Waals surface area contributed by atoms with Crippen molar-refractivity contribution in [2.45, 2.75) is 83.5 Å². The van der Waals surface area contributed by atoms with Crippen LogP contribution in [0.4, 0.5) is 0 Å². The molecule has 0 aliphatic rings. The summed E-state index contributed by atoms with van der Waals surface area (Å²) < 4.78 is 14.9. The Morgan fingerprint density at radius 1 is 0.760 bits per heavy atom. The van der Waals surface area contributed by atoms with Gasteiger partial charge in [0.25, 0.3) is 0 Å². The van der Waals surface area contributed by atoms with Crippen molar-refractivity contribution in [3.05, 3.63) is 0 Å². The SMILES string of the molecule is O=C(O)CCCCCCCCCCCSCCCCCOP(=O)(O)O. The molecule has 0 fully saturated rings. The molecular weight excluding hydrogens is 363 g/mol. The predicted molar refractivity (Wildman–Crippen MR) is 103 cm³/mol. The molecule has 0 aromatic rings. The minimum Gasteiger partial charge on any atom is -0.481 e. The van der Waals surface area contributed by atoms with Crippen LogP contribution in [0.1, 0.15) is 83.5 Å². The molecule has 0 atom stereocenters. The Labute approximate surface area is 156 Å². The van der Waals surface area contributed by atoms with Gasteiger partial charge in [0.2, 0.25) is 0 Å². The molecule has 0 saturated heterocycles. The summed E-state index contributed by atoms with van der Waals surface area (Å²) >= 11 is 1.95. The Morgan fingerprint density at radius 2 is 1.20 bits per heavy atom. The molecule has 0 aliphatic heterocycles. The third-order valence-corrected chi connectivity index (χ3v) is 5.55. The summed E-state index contributed by atoms with van der Waals surface area (Å²) in [6.45, 7) is 0.133. The van der Waals surface area contributed by atoms with E-state index in [0.29, 0.717) is 12.8 Å². The van der Waals surface area contributed by atoms with Crippen molar-refractivity contribution < 1.29 is 28.8 Å². The van der Waals surface area contributed by atoms with Crippen LogP contribution in [-0.4, -0.2) is 39.0 Å². The molecule has 0 unspecified atom stereocenters.